The van der Waals surface area contributed by atoms with Crippen molar-refractivity contribution < 1.29 is 207 Å². The zero-order valence-corrected chi connectivity index (χ0v) is 94.0. The Morgan fingerprint density at radius 1 is 0.353 bits per heavy atom. The molecule has 6 atom stereocenters. The minimum Gasteiger partial charge on any atom is -0.693 e. The third kappa shape index (κ3) is 212. The van der Waals surface area contributed by atoms with E-state index in [-0.39, 0.29) is 66.7 Å². The van der Waals surface area contributed by atoms with Gasteiger partial charge in [-0.05, 0) is 88.5 Å². The Balaban J connectivity index is -0.0000000810. The number of benzene rings is 2. The van der Waals surface area contributed by atoms with Crippen molar-refractivity contribution in [3.05, 3.63) is 112 Å². The molecule has 2 aromatic carbocycles. The summed E-state index contributed by atoms with van der Waals surface area (Å²) in [5.41, 5.74) is 23.0. The van der Waals surface area contributed by atoms with Crippen LogP contribution in [-0.4, -0.2) is 185 Å². The zero-order chi connectivity index (χ0) is 108. The summed E-state index contributed by atoms with van der Waals surface area (Å²) in [6.07, 6.45) is 11.2. The largest absolute Gasteiger partial charge is 0.693 e. The van der Waals surface area contributed by atoms with Crippen LogP contribution in [-0.2, 0) is 65.9 Å². The minimum atomic E-state index is -5.50. The van der Waals surface area contributed by atoms with E-state index in [9.17, 15) is 99.8 Å². The van der Waals surface area contributed by atoms with Gasteiger partial charge in [0.15, 0.2) is 0 Å². The molecule has 3 saturated carbocycles. The first-order valence-corrected chi connectivity index (χ1v) is 63.1. The molecule has 0 aromatic heterocycles. The summed E-state index contributed by atoms with van der Waals surface area (Å²) < 4.78 is 138. The van der Waals surface area contributed by atoms with Gasteiger partial charge < -0.3 is 124 Å². The number of halogens is 22. The summed E-state index contributed by atoms with van der Waals surface area (Å²) in [7, 11) is 39.0. The van der Waals surface area contributed by atoms with Crippen molar-refractivity contribution >= 4 is 135 Å². The normalized spacial score (nSPS) is 14.9. The van der Waals surface area contributed by atoms with Gasteiger partial charge in [-0.25, -0.2) is 64.7 Å². The van der Waals surface area contributed by atoms with Gasteiger partial charge in [-0.3, -0.25) is 10.6 Å². The van der Waals surface area contributed by atoms with E-state index in [0.29, 0.717) is 42.2 Å². The Morgan fingerprint density at radius 2 is 0.537 bits per heavy atom. The molecule has 828 valence electrons. The van der Waals surface area contributed by atoms with Crippen LogP contribution in [0.5, 0.6) is 0 Å². The first-order valence-electron chi connectivity index (χ1n) is 40.6. The molecule has 5 rings (SSSR count). The zero-order valence-electron chi connectivity index (χ0n) is 78.9. The molecule has 0 saturated heterocycles. The second-order valence-corrected chi connectivity index (χ2v) is 43.9. The molecule has 21 N–H and O–H groups in total. The van der Waals surface area contributed by atoms with E-state index in [4.69, 9.17) is 133 Å². The molecule has 2 aromatic rings. The number of hydrogen-bond acceptors (Lipinski definition) is 8. The summed E-state index contributed by atoms with van der Waals surface area (Å²) in [6, 6.07) is 17.9. The van der Waals surface area contributed by atoms with Crippen LogP contribution in [0.3, 0.4) is 0 Å². The topological polar surface area (TPSA) is 500 Å². The van der Waals surface area contributed by atoms with Crippen LogP contribution in [0.25, 0.3) is 23.4 Å². The number of hydrogen-bond donors (Lipinski definition) is 16. The molecule has 28 nitrogen and oxygen atoms in total. The number of carboxylic acid groups (broad SMARTS) is 8. The monoisotopic (exact) mass is 2880 g/mol. The summed E-state index contributed by atoms with van der Waals surface area (Å²) in [6.45, 7) is 32.4. The molecule has 0 bridgehead atoms. The summed E-state index contributed by atoms with van der Waals surface area (Å²) >= 11 is -1.89. The number of anilines is 2. The van der Waals surface area contributed by atoms with E-state index in [2.05, 4.69) is 108 Å². The fourth-order valence-electron chi connectivity index (χ4n) is 10.7. The Bertz CT molecular complexity index is 2660. The van der Waals surface area contributed by atoms with Gasteiger partial charge in [0.05, 0.1) is 0 Å². The number of unbranched alkanes of at least 4 members (excludes halogenated alkanes) is 10. The van der Waals surface area contributed by atoms with E-state index in [1.807, 2.05) is 50.5 Å². The summed E-state index contributed by atoms with van der Waals surface area (Å²) in [5.74, 6) is 1.26. The molecule has 0 heterocycles. The Kier molecular flexibility index (Phi) is 149. The summed E-state index contributed by atoms with van der Waals surface area (Å²) in [4.78, 5) is 79.9. The predicted molar refractivity (Wildman–Crippen MR) is 511 cm³/mol. The van der Waals surface area contributed by atoms with Gasteiger partial charge in [0, 0.05) is 48.6 Å². The predicted octanol–water partition coefficient (Wildman–Crippen LogP) is 32.9. The van der Waals surface area contributed by atoms with Crippen molar-refractivity contribution in [3.8, 4) is 0 Å². The van der Waals surface area contributed by atoms with Gasteiger partial charge in [0.25, 0.3) is 0 Å². The van der Waals surface area contributed by atoms with E-state index >= 15 is 0 Å². The van der Waals surface area contributed by atoms with Crippen LogP contribution in [0.2, 0.25) is 0 Å². The first kappa shape index (κ1) is 169. The third-order valence-corrected chi connectivity index (χ3v) is 15.0. The van der Waals surface area contributed by atoms with Crippen LogP contribution in [0.15, 0.2) is 60.7 Å². The van der Waals surface area contributed by atoms with Crippen LogP contribution in [0.1, 0.15) is 250 Å². The average molecular weight is 2890 g/mol. The van der Waals surface area contributed by atoms with Crippen LogP contribution >= 0.6 is 75.3 Å². The number of para-hydroxylation sites is 2. The maximum atomic E-state index is 11.0. The Morgan fingerprint density at radius 3 is 0.676 bits per heavy atom. The van der Waals surface area contributed by atoms with Crippen molar-refractivity contribution in [3.63, 3.8) is 0 Å². The van der Waals surface area contributed by atoms with E-state index in [1.165, 1.54) is 109 Å². The van der Waals surface area contributed by atoms with Crippen molar-refractivity contribution in [2.75, 3.05) is 64.0 Å². The molecule has 0 radical (unpaired) electrons. The molecular weight excluding hydrogens is 2740 g/mol. The second kappa shape index (κ2) is 120. The third-order valence-electron chi connectivity index (χ3n) is 15.0. The number of carbonyl (C=O) groups is 8. The molecule has 8 amide bonds. The van der Waals surface area contributed by atoms with Gasteiger partial charge in [-0.2, -0.15) is 35.9 Å². The van der Waals surface area contributed by atoms with Gasteiger partial charge in [0.1, 0.15) is 13.3 Å². The molecule has 3 aliphatic carbocycles. The SMILES string of the molecule is CC(C)(C)CC(C)(C)NC(=O)O.CC(C)(C)CC(C)(C)NC(=O)O.CCCCCCCCNC(=O)O.CCCCCCCCNC(=O)O.FC(F)(F)F.FC(F)(F)F.FCF.FCF.O=C(O)NCCF.O=C(O)NCCF.O=C(O)Nc1ccccc1.O=C(O)Nc1ccccc1.[CH2-][C@@H]1CCCC[C@H]1[NH-].[CH2-][C@@H]1CCCC[C@H]1[NH-].[CH2-][C@@H]1CCCC[C@H]1[NH-].[CH3-].[Cl][Pt+2][Cl].[Cl][Pt+2][Cl].[Cl][Pt+2][Cl].[Cl][Pt+2][Cl].[NH2-]. The minimum absolute atomic E-state index is 0. The van der Waals surface area contributed by atoms with Crippen molar-refractivity contribution in [2.45, 2.75) is 292 Å². The maximum Gasteiger partial charge on any atom is -0.693 e. The van der Waals surface area contributed by atoms with Gasteiger partial charge in [-0.1, -0.05) is 233 Å². The number of nitrogens with two attached hydrogens (primary N) is 1. The first-order chi connectivity index (χ1) is 61.8. The Labute approximate surface area is 863 Å². The van der Waals surface area contributed by atoms with Crippen LogP contribution in [0.4, 0.5) is 111 Å². The van der Waals surface area contributed by atoms with E-state index in [0.717, 1.165) is 57.8 Å². The van der Waals surface area contributed by atoms with E-state index in [1.54, 1.807) is 48.5 Å². The standard InChI is InChI=1S/4C9H19NO2.2C7H7NO2.3C7H13N.2C3H6FNO2.2CF4.2CH2F2.CH3.8ClH.H2N.4Pt/c2*1-8(2,3)6-9(4,5)10-7(11)12;2*1-2-3-4-5-6-7-8-10-9(11)12;2*9-7(10)8-6-4-2-1-3-5-6;3*1-6-4-2-3-5-7(6)8;2*4-1-2-5-3(6)7;2*2-1(3,4)5;2*2-1-3;;;;;;;;;;;;;;/h2*10H,6H2,1-5H3,(H,11,12);2*10H,2-8H2,1H3,(H,11,12);2*1-5,8H,(H,9,10);3*6-8H,1-5H2;2*5H,1-2H2,(H,6,7);;;2*1H2;1H3;8*1H;1H2;;;;/q;;;;;;3*-2;;;;;;;-1;;;;;;;;;-1;4*+4/p-8/t;;;;;;3*6-,7-;;;;;;;;;;;;;;;;;;;;/m......111..................../s1. The molecule has 54 heteroatoms. The molecule has 0 unspecified atom stereocenters. The molecule has 3 fully saturated rings. The quantitative estimate of drug-likeness (QED) is 0.0264. The van der Waals surface area contributed by atoms with Gasteiger partial charge in [-0.15, -0.1) is 35.1 Å². The number of amides is 8. The number of rotatable bonds is 24. The van der Waals surface area contributed by atoms with Crippen LogP contribution < -0.4 is 42.5 Å². The average Bonchev–Trinajstić information content (AvgIpc) is 0.880. The van der Waals surface area contributed by atoms with Gasteiger partial charge in [0.2, 0.25) is 13.9 Å². The maximum absolute atomic E-state index is 11.0. The van der Waals surface area contributed by atoms with Gasteiger partial charge >= 0.3 is 203 Å². The van der Waals surface area contributed by atoms with Crippen molar-refractivity contribution in [1.29, 1.82) is 0 Å². The molecule has 0 spiro atoms. The van der Waals surface area contributed by atoms with Crippen LogP contribution in [0, 0.1) is 56.8 Å². The molecule has 136 heavy (non-hydrogen) atoms. The Hall–Kier alpha value is -3.47. The summed E-state index contributed by atoms with van der Waals surface area (Å²) in [5, 5.41) is 83.4. The smallest absolute Gasteiger partial charge is 0.693 e. The van der Waals surface area contributed by atoms with Crippen molar-refractivity contribution in [1.82, 2.24) is 31.9 Å². The fraction of sp³-hybridized carbons (Fsp3) is 0.707. The number of nitrogens with one attached hydrogen (secondary N) is 11. The molecular formula is C82H150Cl8F14N12O16Pt4. The van der Waals surface area contributed by atoms with E-state index < -0.39 is 155 Å². The number of alkyl halides is 14. The second-order valence-electron chi connectivity index (χ2n) is 30.7. The molecule has 0 aliphatic heterocycles. The molecule has 3 aliphatic rings. The van der Waals surface area contributed by atoms with Crippen molar-refractivity contribution in [2.24, 2.45) is 28.6 Å². The fourth-order valence-corrected chi connectivity index (χ4v) is 10.7.